The monoisotopic (exact) mass is 574 g/mol. The number of carbonyl (C=O) groups excluding carboxylic acids is 1. The van der Waals surface area contributed by atoms with Crippen molar-refractivity contribution in [2.45, 2.75) is 50.0 Å². The van der Waals surface area contributed by atoms with Gasteiger partial charge in [-0.2, -0.15) is 4.31 Å². The van der Waals surface area contributed by atoms with Crippen molar-refractivity contribution in [2.24, 2.45) is 0 Å². The second-order valence-electron chi connectivity index (χ2n) is 9.96. The molecule has 0 N–H and O–H groups in total. The number of amides is 1. The molecular formula is C28H38N4O5S2. The Morgan fingerprint density at radius 1 is 1.05 bits per heavy atom. The van der Waals surface area contributed by atoms with E-state index < -0.39 is 10.0 Å². The van der Waals surface area contributed by atoms with Crippen LogP contribution in [0.15, 0.2) is 41.3 Å². The zero-order chi connectivity index (χ0) is 28.2. The zero-order valence-electron chi connectivity index (χ0n) is 23.3. The van der Waals surface area contributed by atoms with Crippen LogP contribution in [0.1, 0.15) is 49.4 Å². The van der Waals surface area contributed by atoms with Crippen LogP contribution in [-0.4, -0.2) is 82.5 Å². The number of carbonyl (C=O) groups is 1. The van der Waals surface area contributed by atoms with E-state index in [4.69, 9.17) is 14.5 Å². The minimum Gasteiger partial charge on any atom is -0.495 e. The molecule has 0 saturated carbocycles. The summed E-state index contributed by atoms with van der Waals surface area (Å²) >= 11 is 1.37. The molecule has 3 aromatic rings. The SMILES string of the molecule is CCC1CCCCN1S(=O)(=O)c1ccc(C(=O)N(CCCN(C)C)c2nc3c(OC)ccc(OC)c3s2)cc1. The molecule has 1 aromatic heterocycles. The standard InChI is InChI=1S/C28H38N4O5S2/c1-6-21-10-7-8-19-32(21)39(34,35)22-13-11-20(12-14-22)27(33)31(18-9-17-30(2)3)28-29-25-23(36-4)15-16-24(37-5)26(25)38-28/h11-16,21H,6-10,17-19H2,1-5H3. The van der Waals surface area contributed by atoms with Gasteiger partial charge in [-0.1, -0.05) is 24.7 Å². The average molecular weight is 575 g/mol. The van der Waals surface area contributed by atoms with Crippen molar-refractivity contribution in [3.8, 4) is 11.5 Å². The van der Waals surface area contributed by atoms with E-state index in [2.05, 4.69) is 4.90 Å². The lowest BCUT2D eigenvalue weighted by molar-refractivity contribution is 0.0986. The van der Waals surface area contributed by atoms with Gasteiger partial charge in [0.15, 0.2) is 5.13 Å². The number of sulfonamides is 1. The van der Waals surface area contributed by atoms with Crippen LogP contribution < -0.4 is 14.4 Å². The first kappa shape index (κ1) is 29.3. The molecule has 2 heterocycles. The molecule has 1 fully saturated rings. The number of benzene rings is 2. The third-order valence-electron chi connectivity index (χ3n) is 7.11. The van der Waals surface area contributed by atoms with E-state index in [9.17, 15) is 13.2 Å². The van der Waals surface area contributed by atoms with Gasteiger partial charge >= 0.3 is 0 Å². The summed E-state index contributed by atoms with van der Waals surface area (Å²) in [5.41, 5.74) is 1.04. The van der Waals surface area contributed by atoms with Crippen molar-refractivity contribution in [1.29, 1.82) is 0 Å². The first-order valence-electron chi connectivity index (χ1n) is 13.3. The maximum absolute atomic E-state index is 13.8. The number of piperidine rings is 1. The van der Waals surface area contributed by atoms with Crippen molar-refractivity contribution >= 4 is 42.6 Å². The summed E-state index contributed by atoms with van der Waals surface area (Å²) < 4.78 is 40.3. The van der Waals surface area contributed by atoms with Crippen LogP contribution in [0.4, 0.5) is 5.13 Å². The molecule has 212 valence electrons. The number of fused-ring (bicyclic) bond motifs is 1. The smallest absolute Gasteiger partial charge is 0.260 e. The Balaban J connectivity index is 1.66. The summed E-state index contributed by atoms with van der Waals surface area (Å²) in [5, 5.41) is 0.535. The second kappa shape index (κ2) is 12.6. The van der Waals surface area contributed by atoms with E-state index in [0.29, 0.717) is 40.8 Å². The lowest BCUT2D eigenvalue weighted by Gasteiger charge is -2.34. The zero-order valence-corrected chi connectivity index (χ0v) is 25.0. The van der Waals surface area contributed by atoms with E-state index in [1.807, 2.05) is 27.1 Å². The predicted octanol–water partition coefficient (Wildman–Crippen LogP) is 4.87. The molecule has 4 rings (SSSR count). The van der Waals surface area contributed by atoms with E-state index in [1.54, 1.807) is 53.8 Å². The summed E-state index contributed by atoms with van der Waals surface area (Å²) in [5.74, 6) is 1.03. The molecule has 0 spiro atoms. The van der Waals surface area contributed by atoms with Crippen molar-refractivity contribution in [1.82, 2.24) is 14.2 Å². The Hall–Kier alpha value is -2.73. The number of nitrogens with zero attached hydrogens (tertiary/aromatic N) is 4. The van der Waals surface area contributed by atoms with Gasteiger partial charge in [0.1, 0.15) is 21.7 Å². The molecule has 1 unspecified atom stereocenters. The number of hydrogen-bond acceptors (Lipinski definition) is 8. The average Bonchev–Trinajstić information content (AvgIpc) is 3.39. The largest absolute Gasteiger partial charge is 0.495 e. The van der Waals surface area contributed by atoms with Crippen molar-refractivity contribution < 1.29 is 22.7 Å². The molecule has 39 heavy (non-hydrogen) atoms. The Labute approximate surface area is 235 Å². The second-order valence-corrected chi connectivity index (χ2v) is 12.8. The van der Waals surface area contributed by atoms with E-state index in [-0.39, 0.29) is 16.8 Å². The summed E-state index contributed by atoms with van der Waals surface area (Å²) in [6.45, 7) is 3.81. The highest BCUT2D eigenvalue weighted by Gasteiger charge is 2.33. The lowest BCUT2D eigenvalue weighted by Crippen LogP contribution is -2.43. The van der Waals surface area contributed by atoms with Gasteiger partial charge in [0.25, 0.3) is 5.91 Å². The highest BCUT2D eigenvalue weighted by atomic mass is 32.2. The normalized spacial score (nSPS) is 16.5. The number of rotatable bonds is 11. The summed E-state index contributed by atoms with van der Waals surface area (Å²) in [4.78, 5) is 22.5. The molecule has 9 nitrogen and oxygen atoms in total. The van der Waals surface area contributed by atoms with Crippen LogP contribution in [0.25, 0.3) is 10.2 Å². The molecule has 1 aliphatic heterocycles. The fraction of sp³-hybridized carbons (Fsp3) is 0.500. The van der Waals surface area contributed by atoms with Gasteiger partial charge in [0.2, 0.25) is 10.0 Å². The minimum atomic E-state index is -3.63. The quantitative estimate of drug-likeness (QED) is 0.323. The summed E-state index contributed by atoms with van der Waals surface area (Å²) in [7, 11) is 3.54. The molecule has 0 aliphatic carbocycles. The molecule has 1 amide bonds. The van der Waals surface area contributed by atoms with Crippen LogP contribution in [0.3, 0.4) is 0 Å². The lowest BCUT2D eigenvalue weighted by atomic mass is 10.0. The Bertz CT molecular complexity index is 1350. The molecular weight excluding hydrogens is 536 g/mol. The number of hydrogen-bond donors (Lipinski definition) is 0. The van der Waals surface area contributed by atoms with Gasteiger partial charge in [0, 0.05) is 24.7 Å². The number of ether oxygens (including phenoxy) is 2. The van der Waals surface area contributed by atoms with Gasteiger partial charge in [-0.3, -0.25) is 9.69 Å². The predicted molar refractivity (Wildman–Crippen MR) is 156 cm³/mol. The maximum Gasteiger partial charge on any atom is 0.260 e. The summed E-state index contributed by atoms with van der Waals surface area (Å²) in [6.07, 6.45) is 4.32. The first-order chi connectivity index (χ1) is 18.7. The van der Waals surface area contributed by atoms with Crippen molar-refractivity contribution in [3.63, 3.8) is 0 Å². The highest BCUT2D eigenvalue weighted by Crippen LogP contribution is 2.40. The first-order valence-corrected chi connectivity index (χ1v) is 15.6. The van der Waals surface area contributed by atoms with Gasteiger partial charge in [-0.25, -0.2) is 13.4 Å². The highest BCUT2D eigenvalue weighted by molar-refractivity contribution is 7.89. The molecule has 2 aromatic carbocycles. The van der Waals surface area contributed by atoms with Crippen LogP contribution in [0.2, 0.25) is 0 Å². The van der Waals surface area contributed by atoms with Gasteiger partial charge < -0.3 is 14.4 Å². The topological polar surface area (TPSA) is 92.3 Å². The number of methoxy groups -OCH3 is 2. The molecule has 1 aliphatic rings. The molecule has 1 atom stereocenters. The Morgan fingerprint density at radius 3 is 2.38 bits per heavy atom. The van der Waals surface area contributed by atoms with E-state index >= 15 is 0 Å². The third kappa shape index (κ3) is 6.21. The van der Waals surface area contributed by atoms with Crippen LogP contribution in [-0.2, 0) is 10.0 Å². The fourth-order valence-electron chi connectivity index (χ4n) is 4.98. The molecule has 11 heteroatoms. The number of aromatic nitrogens is 1. The van der Waals surface area contributed by atoms with Gasteiger partial charge in [-0.05, 0) is 82.7 Å². The van der Waals surface area contributed by atoms with Gasteiger partial charge in [0.05, 0.1) is 19.1 Å². The van der Waals surface area contributed by atoms with E-state index in [1.165, 1.54) is 11.3 Å². The van der Waals surface area contributed by atoms with E-state index in [0.717, 1.165) is 43.3 Å². The van der Waals surface area contributed by atoms with Crippen LogP contribution in [0.5, 0.6) is 11.5 Å². The van der Waals surface area contributed by atoms with Crippen molar-refractivity contribution in [2.75, 3.05) is 52.8 Å². The molecule has 0 radical (unpaired) electrons. The Morgan fingerprint density at radius 2 is 1.74 bits per heavy atom. The van der Waals surface area contributed by atoms with Crippen LogP contribution in [0, 0.1) is 0 Å². The third-order valence-corrected chi connectivity index (χ3v) is 10.2. The minimum absolute atomic E-state index is 0.0188. The van der Waals surface area contributed by atoms with Crippen LogP contribution >= 0.6 is 11.3 Å². The molecule has 0 bridgehead atoms. The molecule has 1 saturated heterocycles. The Kier molecular flexibility index (Phi) is 9.47. The number of anilines is 1. The fourth-order valence-corrected chi connectivity index (χ4v) is 7.84. The van der Waals surface area contributed by atoms with Gasteiger partial charge in [-0.15, -0.1) is 0 Å². The van der Waals surface area contributed by atoms with Crippen molar-refractivity contribution in [3.05, 3.63) is 42.0 Å². The maximum atomic E-state index is 13.8. The summed E-state index contributed by atoms with van der Waals surface area (Å²) in [6, 6.07) is 9.95. The number of thiazole rings is 1.